The molecule has 0 unspecified atom stereocenters. The van der Waals surface area contributed by atoms with Gasteiger partial charge in [-0.2, -0.15) is 0 Å². The van der Waals surface area contributed by atoms with E-state index in [0.717, 1.165) is 29.1 Å². The lowest BCUT2D eigenvalue weighted by Gasteiger charge is -2.23. The van der Waals surface area contributed by atoms with Gasteiger partial charge in [-0.05, 0) is 50.8 Å². The molecular formula is C29H28N8O2S. The summed E-state index contributed by atoms with van der Waals surface area (Å²) in [6.45, 7) is 4.47. The van der Waals surface area contributed by atoms with E-state index in [-0.39, 0.29) is 23.7 Å². The van der Waals surface area contributed by atoms with E-state index >= 15 is 0 Å². The van der Waals surface area contributed by atoms with Crippen molar-refractivity contribution in [1.82, 2.24) is 35.0 Å². The number of nitrogens with two attached hydrogens (primary N) is 1. The number of nitrogens with zero attached hydrogens (tertiary/aromatic N) is 7. The zero-order valence-corrected chi connectivity index (χ0v) is 23.0. The normalized spacial score (nSPS) is 16.7. The highest BCUT2D eigenvalue weighted by Crippen LogP contribution is 2.36. The van der Waals surface area contributed by atoms with Crippen LogP contribution in [0.2, 0.25) is 0 Å². The standard InChI is InChI=1S/C29H28N8O2S/c1-18-16-40-26(33-18)24-9-6-10-37(24)27(38)20-11-22(21-14-31-17-32-15-21)34-23(12-20)25-35-36-28(39-25)29(2,30)13-19-7-4-3-5-8-19/h3-5,7-8,11-12,14-17,24H,6,9-10,13,30H2,1-2H3/t24-,29+/m1/s1. The van der Waals surface area contributed by atoms with E-state index in [4.69, 9.17) is 15.1 Å². The maximum Gasteiger partial charge on any atom is 0.266 e. The van der Waals surface area contributed by atoms with Crippen molar-refractivity contribution in [3.8, 4) is 22.8 Å². The molecule has 10 nitrogen and oxygen atoms in total. The van der Waals surface area contributed by atoms with Crippen molar-refractivity contribution in [2.24, 2.45) is 5.73 Å². The molecule has 6 rings (SSSR count). The summed E-state index contributed by atoms with van der Waals surface area (Å²) in [6.07, 6.45) is 7.06. The Morgan fingerprint density at radius 3 is 2.65 bits per heavy atom. The zero-order chi connectivity index (χ0) is 27.7. The molecule has 11 heteroatoms. The van der Waals surface area contributed by atoms with Crippen LogP contribution in [0.15, 0.2) is 71.0 Å². The van der Waals surface area contributed by atoms with Gasteiger partial charge in [-0.1, -0.05) is 30.3 Å². The summed E-state index contributed by atoms with van der Waals surface area (Å²) in [5.41, 5.74) is 9.77. The molecular weight excluding hydrogens is 524 g/mol. The molecule has 1 aromatic carbocycles. The minimum absolute atomic E-state index is 0.0581. The molecule has 2 atom stereocenters. The summed E-state index contributed by atoms with van der Waals surface area (Å²) in [4.78, 5) is 33.5. The third-order valence-electron chi connectivity index (χ3n) is 6.91. The molecule has 1 saturated heterocycles. The first-order valence-corrected chi connectivity index (χ1v) is 13.9. The van der Waals surface area contributed by atoms with Crippen molar-refractivity contribution in [3.63, 3.8) is 0 Å². The molecule has 2 N–H and O–H groups in total. The van der Waals surface area contributed by atoms with Gasteiger partial charge < -0.3 is 15.1 Å². The van der Waals surface area contributed by atoms with E-state index < -0.39 is 5.54 Å². The van der Waals surface area contributed by atoms with Crippen molar-refractivity contribution in [2.75, 3.05) is 6.54 Å². The summed E-state index contributed by atoms with van der Waals surface area (Å²) in [7, 11) is 0. The first-order valence-electron chi connectivity index (χ1n) is 13.0. The highest BCUT2D eigenvalue weighted by Gasteiger charge is 2.34. The number of benzene rings is 1. The van der Waals surface area contributed by atoms with E-state index in [0.29, 0.717) is 35.5 Å². The van der Waals surface area contributed by atoms with Gasteiger partial charge in [0.05, 0.1) is 17.3 Å². The van der Waals surface area contributed by atoms with Crippen molar-refractivity contribution in [1.29, 1.82) is 0 Å². The third-order valence-corrected chi connectivity index (χ3v) is 7.97. The minimum Gasteiger partial charge on any atom is -0.417 e. The van der Waals surface area contributed by atoms with E-state index in [1.807, 2.05) is 54.5 Å². The molecule has 5 heterocycles. The van der Waals surface area contributed by atoms with Crippen LogP contribution in [0.4, 0.5) is 0 Å². The molecule has 1 fully saturated rings. The lowest BCUT2D eigenvalue weighted by atomic mass is 9.94. The summed E-state index contributed by atoms with van der Waals surface area (Å²) >= 11 is 1.59. The van der Waals surface area contributed by atoms with Crippen molar-refractivity contribution < 1.29 is 9.21 Å². The highest BCUT2D eigenvalue weighted by atomic mass is 32.1. The minimum atomic E-state index is -0.898. The van der Waals surface area contributed by atoms with Gasteiger partial charge in [0.2, 0.25) is 5.89 Å². The predicted octanol–water partition coefficient (Wildman–Crippen LogP) is 4.75. The Morgan fingerprint density at radius 1 is 1.12 bits per heavy atom. The van der Waals surface area contributed by atoms with Gasteiger partial charge in [-0.15, -0.1) is 21.5 Å². The molecule has 0 saturated carbocycles. The summed E-state index contributed by atoms with van der Waals surface area (Å²) in [6, 6.07) is 13.3. The Balaban J connectivity index is 1.36. The smallest absolute Gasteiger partial charge is 0.266 e. The molecule has 40 heavy (non-hydrogen) atoms. The number of aryl methyl sites for hydroxylation is 1. The number of aromatic nitrogens is 6. The molecule has 202 valence electrons. The molecule has 1 amide bonds. The number of hydrogen-bond donors (Lipinski definition) is 1. The van der Waals surface area contributed by atoms with Crippen LogP contribution in [0.25, 0.3) is 22.8 Å². The molecule has 1 aliphatic heterocycles. The summed E-state index contributed by atoms with van der Waals surface area (Å²) < 4.78 is 6.08. The average molecular weight is 553 g/mol. The van der Waals surface area contributed by atoms with Gasteiger partial charge in [0.1, 0.15) is 17.0 Å². The highest BCUT2D eigenvalue weighted by molar-refractivity contribution is 7.09. The van der Waals surface area contributed by atoms with Crippen LogP contribution < -0.4 is 5.73 Å². The maximum atomic E-state index is 13.9. The molecule has 0 spiro atoms. The van der Waals surface area contributed by atoms with Crippen LogP contribution in [-0.4, -0.2) is 47.5 Å². The van der Waals surface area contributed by atoms with Crippen LogP contribution in [0.1, 0.15) is 58.3 Å². The quantitative estimate of drug-likeness (QED) is 0.303. The van der Waals surface area contributed by atoms with Gasteiger partial charge in [-0.3, -0.25) is 4.79 Å². The third kappa shape index (κ3) is 5.25. The van der Waals surface area contributed by atoms with Crippen LogP contribution in [0, 0.1) is 6.92 Å². The Bertz CT molecular complexity index is 1630. The Morgan fingerprint density at radius 2 is 1.90 bits per heavy atom. The Hall–Kier alpha value is -4.35. The average Bonchev–Trinajstić information content (AvgIpc) is 3.74. The van der Waals surface area contributed by atoms with Crippen LogP contribution in [0.5, 0.6) is 0 Å². The molecule has 0 radical (unpaired) electrons. The molecule has 0 aliphatic carbocycles. The first-order chi connectivity index (χ1) is 19.4. The summed E-state index contributed by atoms with van der Waals surface area (Å²) in [5, 5.41) is 11.5. The predicted molar refractivity (Wildman–Crippen MR) is 150 cm³/mol. The Kier molecular flexibility index (Phi) is 6.91. The lowest BCUT2D eigenvalue weighted by Crippen LogP contribution is -2.35. The number of carbonyl (C=O) groups excluding carboxylic acids is 1. The fraction of sp³-hybridized carbons (Fsp3) is 0.276. The largest absolute Gasteiger partial charge is 0.417 e. The van der Waals surface area contributed by atoms with Gasteiger partial charge in [0.25, 0.3) is 11.8 Å². The molecule has 4 aromatic heterocycles. The van der Waals surface area contributed by atoms with Gasteiger partial charge in [-0.25, -0.2) is 19.9 Å². The maximum absolute atomic E-state index is 13.9. The van der Waals surface area contributed by atoms with Crippen LogP contribution >= 0.6 is 11.3 Å². The molecule has 0 bridgehead atoms. The van der Waals surface area contributed by atoms with Crippen molar-refractivity contribution in [3.05, 3.63) is 94.3 Å². The number of pyridine rings is 1. The number of carbonyl (C=O) groups is 1. The van der Waals surface area contributed by atoms with Gasteiger partial charge >= 0.3 is 0 Å². The monoisotopic (exact) mass is 552 g/mol. The number of amides is 1. The second kappa shape index (κ2) is 10.7. The van der Waals surface area contributed by atoms with E-state index in [2.05, 4.69) is 25.1 Å². The van der Waals surface area contributed by atoms with Crippen LogP contribution in [-0.2, 0) is 12.0 Å². The Labute approximate surface area is 235 Å². The fourth-order valence-electron chi connectivity index (χ4n) is 4.95. The fourth-order valence-corrected chi connectivity index (χ4v) is 5.90. The molecule has 5 aromatic rings. The van der Waals surface area contributed by atoms with E-state index in [1.54, 1.807) is 35.9 Å². The number of rotatable bonds is 7. The number of likely N-dealkylation sites (tertiary alicyclic amines) is 1. The van der Waals surface area contributed by atoms with Crippen molar-refractivity contribution in [2.45, 2.75) is 44.7 Å². The lowest BCUT2D eigenvalue weighted by molar-refractivity contribution is 0.0735. The van der Waals surface area contributed by atoms with E-state index in [9.17, 15) is 4.79 Å². The van der Waals surface area contributed by atoms with Crippen LogP contribution in [0.3, 0.4) is 0 Å². The van der Waals surface area contributed by atoms with Gasteiger partial charge in [0, 0.05) is 41.1 Å². The second-order valence-corrected chi connectivity index (χ2v) is 11.1. The first kappa shape index (κ1) is 25.9. The second-order valence-electron chi connectivity index (χ2n) is 10.2. The number of hydrogen-bond acceptors (Lipinski definition) is 10. The summed E-state index contributed by atoms with van der Waals surface area (Å²) in [5.74, 6) is 0.360. The number of thiazole rings is 1. The topological polar surface area (TPSA) is 137 Å². The van der Waals surface area contributed by atoms with Gasteiger partial charge in [0.15, 0.2) is 0 Å². The SMILES string of the molecule is Cc1csc([C@H]2CCCN2C(=O)c2cc(-c3cncnc3)nc(-c3nnc([C@@](C)(N)Cc4ccccc4)o3)c2)n1. The molecule has 1 aliphatic rings. The van der Waals surface area contributed by atoms with E-state index in [1.165, 1.54) is 6.33 Å². The van der Waals surface area contributed by atoms with Crippen molar-refractivity contribution >= 4 is 17.2 Å². The zero-order valence-electron chi connectivity index (χ0n) is 22.2.